The van der Waals surface area contributed by atoms with Gasteiger partial charge in [0.05, 0.1) is 35.0 Å². The molecule has 59 heavy (non-hydrogen) atoms. The summed E-state index contributed by atoms with van der Waals surface area (Å²) in [4.78, 5) is 51.9. The minimum Gasteiger partial charge on any atom is -0.495 e. The normalized spacial score (nSPS) is 19.3. The number of esters is 2. The number of anilines is 1. The number of rotatable bonds is 14. The molecule has 314 valence electrons. The predicted molar refractivity (Wildman–Crippen MR) is 218 cm³/mol. The molecule has 16 heteroatoms. The minimum absolute atomic E-state index is 0.0179. The van der Waals surface area contributed by atoms with Gasteiger partial charge in [-0.05, 0) is 66.4 Å². The molecule has 5 rings (SSSR count). The fourth-order valence-electron chi connectivity index (χ4n) is 7.31. The maximum Gasteiger partial charge on any atom is 0.410 e. The van der Waals surface area contributed by atoms with E-state index in [4.69, 9.17) is 42.1 Å². The Morgan fingerprint density at radius 1 is 0.932 bits per heavy atom. The zero-order chi connectivity index (χ0) is 43.1. The largest absolute Gasteiger partial charge is 0.495 e. The summed E-state index contributed by atoms with van der Waals surface area (Å²) >= 11 is 12.5. The van der Waals surface area contributed by atoms with Gasteiger partial charge in [0, 0.05) is 29.5 Å². The topological polar surface area (TPSA) is 153 Å². The molecule has 1 aliphatic rings. The average molecular weight is 856 g/mol. The Balaban J connectivity index is 1.34. The summed E-state index contributed by atoms with van der Waals surface area (Å²) in [5, 5.41) is 11.8. The van der Waals surface area contributed by atoms with Gasteiger partial charge in [0.25, 0.3) is 0 Å². The molecule has 4 N–H and O–H groups in total. The molecule has 1 aliphatic heterocycles. The van der Waals surface area contributed by atoms with Gasteiger partial charge >= 0.3 is 18.0 Å². The van der Waals surface area contributed by atoms with E-state index in [1.807, 2.05) is 26.8 Å². The zero-order valence-electron chi connectivity index (χ0n) is 33.3. The van der Waals surface area contributed by atoms with Gasteiger partial charge in [-0.15, -0.1) is 0 Å². The lowest BCUT2D eigenvalue weighted by Crippen LogP contribution is -2.54. The van der Waals surface area contributed by atoms with Crippen molar-refractivity contribution in [2.24, 2.45) is 5.41 Å². The molecule has 1 heterocycles. The van der Waals surface area contributed by atoms with E-state index in [9.17, 15) is 19.2 Å². The van der Waals surface area contributed by atoms with Crippen LogP contribution in [-0.4, -0.2) is 63.0 Å². The van der Waals surface area contributed by atoms with Gasteiger partial charge in [-0.3, -0.25) is 9.59 Å². The second kappa shape index (κ2) is 19.2. The third-order valence-corrected chi connectivity index (χ3v) is 10.3. The first-order valence-electron chi connectivity index (χ1n) is 18.7. The molecular weight excluding hydrogens is 809 g/mol. The van der Waals surface area contributed by atoms with Crippen molar-refractivity contribution in [3.05, 3.63) is 129 Å². The van der Waals surface area contributed by atoms with Crippen molar-refractivity contribution in [3.8, 4) is 5.75 Å². The van der Waals surface area contributed by atoms with Crippen LogP contribution in [0.5, 0.6) is 5.75 Å². The molecule has 2 amide bonds. The summed E-state index contributed by atoms with van der Waals surface area (Å²) in [5.74, 6) is -4.64. The standard InChI is InChI=1S/C43H46Cl2F2N4O8/c1-24(59-41(55)49-22-35(52)57-23-25-11-8-7-9-12-25)58-40(54)26-15-18-32(33(19-26)56-6)50-39(53)38-36(28-13-10-14-30(45)37(28)47)43(48-5,34(51-38)21-42(2,3)4)29-17-16-27(44)20-31(29)46/h7-20,24,34,36,38,48,51H,21-23H2,1-6H3,(H,49,55)(H,50,53)/t24?,34?,36-,38+,43+/m0/s1. The van der Waals surface area contributed by atoms with Crippen LogP contribution in [0.25, 0.3) is 0 Å². The fraction of sp³-hybridized carbons (Fsp3) is 0.349. The highest BCUT2D eigenvalue weighted by Gasteiger charge is 2.60. The van der Waals surface area contributed by atoms with Crippen molar-refractivity contribution in [2.75, 3.05) is 26.0 Å². The lowest BCUT2D eigenvalue weighted by atomic mass is 9.67. The van der Waals surface area contributed by atoms with Gasteiger partial charge in [-0.1, -0.05) is 92.5 Å². The number of hydrogen-bond donors (Lipinski definition) is 4. The highest BCUT2D eigenvalue weighted by molar-refractivity contribution is 6.31. The van der Waals surface area contributed by atoms with Crippen LogP contribution < -0.4 is 26.0 Å². The maximum absolute atomic E-state index is 16.1. The number of halogens is 4. The Bertz CT molecular complexity index is 2170. The summed E-state index contributed by atoms with van der Waals surface area (Å²) in [6.07, 6.45) is -1.98. The van der Waals surface area contributed by atoms with Crippen molar-refractivity contribution in [1.82, 2.24) is 16.0 Å². The van der Waals surface area contributed by atoms with Crippen molar-refractivity contribution in [3.63, 3.8) is 0 Å². The van der Waals surface area contributed by atoms with Gasteiger partial charge in [0.2, 0.25) is 12.2 Å². The number of ether oxygens (including phenoxy) is 4. The Kier molecular flexibility index (Phi) is 14.6. The molecule has 0 saturated carbocycles. The fourth-order valence-corrected chi connectivity index (χ4v) is 7.65. The van der Waals surface area contributed by atoms with Gasteiger partial charge in [0.15, 0.2) is 0 Å². The number of carbonyl (C=O) groups excluding carboxylic acids is 4. The number of likely N-dealkylation sites (N-methyl/N-ethyl adjacent to an activating group) is 1. The molecule has 0 aliphatic carbocycles. The lowest BCUT2D eigenvalue weighted by Gasteiger charge is -2.43. The van der Waals surface area contributed by atoms with Crippen LogP contribution in [0.2, 0.25) is 10.0 Å². The molecule has 4 aromatic rings. The van der Waals surface area contributed by atoms with Crippen molar-refractivity contribution < 1.29 is 46.9 Å². The number of benzene rings is 4. The van der Waals surface area contributed by atoms with Crippen molar-refractivity contribution >= 4 is 52.8 Å². The van der Waals surface area contributed by atoms with Crippen LogP contribution in [0.3, 0.4) is 0 Å². The van der Waals surface area contributed by atoms with Crippen LogP contribution in [0.15, 0.2) is 84.9 Å². The van der Waals surface area contributed by atoms with E-state index in [1.165, 1.54) is 62.6 Å². The van der Waals surface area contributed by atoms with Crippen molar-refractivity contribution in [2.45, 2.75) is 70.6 Å². The van der Waals surface area contributed by atoms with E-state index in [2.05, 4.69) is 21.3 Å². The van der Waals surface area contributed by atoms with E-state index < -0.39 is 71.9 Å². The smallest absolute Gasteiger partial charge is 0.410 e. The Labute approximate surface area is 351 Å². The van der Waals surface area contributed by atoms with E-state index in [0.29, 0.717) is 6.42 Å². The highest BCUT2D eigenvalue weighted by atomic mass is 35.5. The number of methoxy groups -OCH3 is 1. The molecule has 4 aromatic carbocycles. The average Bonchev–Trinajstić information content (AvgIpc) is 3.50. The maximum atomic E-state index is 16.1. The van der Waals surface area contributed by atoms with Gasteiger partial charge in [-0.25, -0.2) is 18.4 Å². The highest BCUT2D eigenvalue weighted by Crippen LogP contribution is 2.51. The first-order chi connectivity index (χ1) is 28.0. The second-order valence-electron chi connectivity index (χ2n) is 15.1. The molecule has 0 aromatic heterocycles. The van der Waals surface area contributed by atoms with Crippen LogP contribution >= 0.6 is 23.2 Å². The number of hydrogen-bond acceptors (Lipinski definition) is 10. The van der Waals surface area contributed by atoms with Crippen LogP contribution in [0, 0.1) is 17.0 Å². The van der Waals surface area contributed by atoms with E-state index in [1.54, 1.807) is 37.4 Å². The molecule has 12 nitrogen and oxygen atoms in total. The number of amides is 2. The van der Waals surface area contributed by atoms with E-state index >= 15 is 8.78 Å². The molecule has 1 fully saturated rings. The van der Waals surface area contributed by atoms with Gasteiger partial charge in [-0.2, -0.15) is 0 Å². The Morgan fingerprint density at radius 2 is 1.66 bits per heavy atom. The zero-order valence-corrected chi connectivity index (χ0v) is 34.8. The van der Waals surface area contributed by atoms with Crippen LogP contribution in [0.4, 0.5) is 19.3 Å². The summed E-state index contributed by atoms with van der Waals surface area (Å²) in [6, 6.07) is 20.0. The predicted octanol–water partition coefficient (Wildman–Crippen LogP) is 7.87. The van der Waals surface area contributed by atoms with Crippen LogP contribution in [0.1, 0.15) is 67.1 Å². The molecule has 1 saturated heterocycles. The number of carbonyl (C=O) groups is 4. The monoisotopic (exact) mass is 854 g/mol. The first kappa shape index (κ1) is 44.8. The number of alkyl carbamates (subject to hydrolysis) is 1. The summed E-state index contributed by atoms with van der Waals surface area (Å²) in [5.41, 5.74) is -0.607. The first-order valence-corrected chi connectivity index (χ1v) is 19.4. The summed E-state index contributed by atoms with van der Waals surface area (Å²) in [7, 11) is 2.96. The van der Waals surface area contributed by atoms with Crippen molar-refractivity contribution in [1.29, 1.82) is 0 Å². The quantitative estimate of drug-likeness (QED) is 0.0729. The molecule has 2 unspecified atom stereocenters. The Hall–Kier alpha value is -5.28. The van der Waals surface area contributed by atoms with E-state index in [-0.39, 0.29) is 50.2 Å². The number of nitrogens with one attached hydrogen (secondary N) is 4. The lowest BCUT2D eigenvalue weighted by molar-refractivity contribution is -0.144. The summed E-state index contributed by atoms with van der Waals surface area (Å²) < 4.78 is 53.2. The molecule has 5 atom stereocenters. The molecular formula is C43H46Cl2F2N4O8. The summed E-state index contributed by atoms with van der Waals surface area (Å²) in [6.45, 7) is 6.86. The minimum atomic E-state index is -1.41. The van der Waals surface area contributed by atoms with Crippen LogP contribution in [-0.2, 0) is 35.9 Å². The molecule has 0 radical (unpaired) electrons. The SMILES string of the molecule is CN[C@]1(c2ccc(Cl)cc2F)C(CC(C)(C)C)N[C@@H](C(=O)Nc2ccc(C(=O)OC(C)OC(=O)NCC(=O)OCc3ccccc3)cc2OC)[C@@H]1c1cccc(Cl)c1F. The Morgan fingerprint density at radius 3 is 2.32 bits per heavy atom. The van der Waals surface area contributed by atoms with Gasteiger partial charge < -0.3 is 40.2 Å². The third-order valence-electron chi connectivity index (χ3n) is 9.82. The molecule has 0 bridgehead atoms. The van der Waals surface area contributed by atoms with Gasteiger partial charge in [0.1, 0.15) is 30.5 Å². The second-order valence-corrected chi connectivity index (χ2v) is 16.0. The molecule has 0 spiro atoms. The van der Waals surface area contributed by atoms with E-state index in [0.717, 1.165) is 5.56 Å². The third kappa shape index (κ3) is 10.7.